The van der Waals surface area contributed by atoms with Crippen molar-refractivity contribution in [3.63, 3.8) is 0 Å². The molecule has 0 bridgehead atoms. The molecular formula is C19H15N5O. The number of anilines is 1. The number of aromatic nitrogens is 4. The monoisotopic (exact) mass is 329 g/mol. The standard InChI is InChI=1S/C19H15N5O/c1-2-15(25-9-1)11-22-19-23-12-16(18-21-7-8-24(18)19)13-3-4-17-14(10-13)5-6-20-17/h1-10,12,20H,11H2,(H,22,23). The number of benzene rings is 1. The third-order valence-corrected chi connectivity index (χ3v) is 4.29. The molecule has 0 fully saturated rings. The van der Waals surface area contributed by atoms with Crippen LogP contribution in [-0.4, -0.2) is 19.4 Å². The van der Waals surface area contributed by atoms with Gasteiger partial charge in [-0.2, -0.15) is 0 Å². The molecule has 1 aromatic carbocycles. The van der Waals surface area contributed by atoms with Gasteiger partial charge >= 0.3 is 0 Å². The van der Waals surface area contributed by atoms with E-state index in [9.17, 15) is 0 Å². The lowest BCUT2D eigenvalue weighted by Crippen LogP contribution is -2.06. The molecule has 0 spiro atoms. The van der Waals surface area contributed by atoms with E-state index in [0.29, 0.717) is 6.54 Å². The van der Waals surface area contributed by atoms with E-state index in [2.05, 4.69) is 44.5 Å². The van der Waals surface area contributed by atoms with Crippen LogP contribution in [0.5, 0.6) is 0 Å². The molecule has 2 N–H and O–H groups in total. The minimum Gasteiger partial charge on any atom is -0.467 e. The smallest absolute Gasteiger partial charge is 0.209 e. The quantitative estimate of drug-likeness (QED) is 0.521. The lowest BCUT2D eigenvalue weighted by atomic mass is 10.1. The fraction of sp³-hybridized carbons (Fsp3) is 0.0526. The fourth-order valence-electron chi connectivity index (χ4n) is 3.05. The number of imidazole rings is 1. The summed E-state index contributed by atoms with van der Waals surface area (Å²) < 4.78 is 7.31. The number of nitrogens with zero attached hydrogens (tertiary/aromatic N) is 3. The number of fused-ring (bicyclic) bond motifs is 2. The maximum absolute atomic E-state index is 5.36. The minimum atomic E-state index is 0.571. The molecule has 0 aliphatic rings. The van der Waals surface area contributed by atoms with Crippen LogP contribution in [0, 0.1) is 0 Å². The van der Waals surface area contributed by atoms with Gasteiger partial charge in [0, 0.05) is 35.9 Å². The maximum atomic E-state index is 5.36. The first-order chi connectivity index (χ1) is 12.4. The molecule has 0 aliphatic heterocycles. The first-order valence-electron chi connectivity index (χ1n) is 8.04. The van der Waals surface area contributed by atoms with E-state index < -0.39 is 0 Å². The van der Waals surface area contributed by atoms with Crippen LogP contribution in [0.25, 0.3) is 27.7 Å². The average molecular weight is 329 g/mol. The molecule has 5 rings (SSSR count). The molecule has 6 heteroatoms. The number of hydrogen-bond donors (Lipinski definition) is 2. The normalized spacial score (nSPS) is 11.4. The zero-order chi connectivity index (χ0) is 16.6. The molecule has 0 atom stereocenters. The van der Waals surface area contributed by atoms with Crippen molar-refractivity contribution in [1.29, 1.82) is 0 Å². The van der Waals surface area contributed by atoms with E-state index in [0.717, 1.165) is 34.0 Å². The van der Waals surface area contributed by atoms with Crippen molar-refractivity contribution >= 4 is 22.5 Å². The van der Waals surface area contributed by atoms with Crippen LogP contribution in [0.1, 0.15) is 5.76 Å². The maximum Gasteiger partial charge on any atom is 0.209 e. The lowest BCUT2D eigenvalue weighted by Gasteiger charge is -2.10. The number of rotatable bonds is 4. The summed E-state index contributed by atoms with van der Waals surface area (Å²) in [5.74, 6) is 1.59. The van der Waals surface area contributed by atoms with Gasteiger partial charge in [-0.3, -0.25) is 4.40 Å². The summed E-state index contributed by atoms with van der Waals surface area (Å²) in [4.78, 5) is 12.3. The van der Waals surface area contributed by atoms with Gasteiger partial charge in [-0.15, -0.1) is 0 Å². The number of nitrogens with one attached hydrogen (secondary N) is 2. The SMILES string of the molecule is c1coc(CNc2ncc(-c3ccc4[nH]ccc4c3)c3nccn23)c1. The number of aromatic amines is 1. The third kappa shape index (κ3) is 2.35. The van der Waals surface area contributed by atoms with Crippen LogP contribution in [0.2, 0.25) is 0 Å². The van der Waals surface area contributed by atoms with Gasteiger partial charge in [0.1, 0.15) is 11.4 Å². The van der Waals surface area contributed by atoms with Gasteiger partial charge in [0.25, 0.3) is 0 Å². The highest BCUT2D eigenvalue weighted by Crippen LogP contribution is 2.27. The van der Waals surface area contributed by atoms with Gasteiger partial charge in [0.05, 0.1) is 12.8 Å². The van der Waals surface area contributed by atoms with Gasteiger partial charge < -0.3 is 14.7 Å². The Morgan fingerprint density at radius 3 is 3.08 bits per heavy atom. The highest BCUT2D eigenvalue weighted by atomic mass is 16.3. The summed E-state index contributed by atoms with van der Waals surface area (Å²) in [5, 5.41) is 4.46. The Balaban J connectivity index is 1.56. The molecule has 0 aliphatic carbocycles. The van der Waals surface area contributed by atoms with Crippen LogP contribution in [0.3, 0.4) is 0 Å². The first-order valence-corrected chi connectivity index (χ1v) is 8.04. The van der Waals surface area contributed by atoms with E-state index in [4.69, 9.17) is 4.42 Å². The molecule has 4 heterocycles. The van der Waals surface area contributed by atoms with E-state index in [1.807, 2.05) is 35.1 Å². The van der Waals surface area contributed by atoms with Gasteiger partial charge in [-0.1, -0.05) is 6.07 Å². The Morgan fingerprint density at radius 1 is 1.16 bits per heavy atom. The van der Waals surface area contributed by atoms with E-state index in [1.165, 1.54) is 5.39 Å². The van der Waals surface area contributed by atoms with E-state index in [1.54, 1.807) is 12.5 Å². The number of hydrogen-bond acceptors (Lipinski definition) is 4. The predicted molar refractivity (Wildman–Crippen MR) is 96.3 cm³/mol. The van der Waals surface area contributed by atoms with Crippen LogP contribution in [0.15, 0.2) is 71.9 Å². The first kappa shape index (κ1) is 13.9. The van der Waals surface area contributed by atoms with Crippen molar-refractivity contribution in [3.8, 4) is 11.1 Å². The van der Waals surface area contributed by atoms with Crippen molar-refractivity contribution in [2.24, 2.45) is 0 Å². The molecule has 6 nitrogen and oxygen atoms in total. The summed E-state index contributed by atoms with van der Waals surface area (Å²) in [5.41, 5.74) is 4.07. The zero-order valence-electron chi connectivity index (χ0n) is 13.3. The average Bonchev–Trinajstić information content (AvgIpc) is 3.39. The summed E-state index contributed by atoms with van der Waals surface area (Å²) in [7, 11) is 0. The Kier molecular flexibility index (Phi) is 3.06. The Morgan fingerprint density at radius 2 is 2.16 bits per heavy atom. The van der Waals surface area contributed by atoms with Crippen molar-refractivity contribution in [2.45, 2.75) is 6.54 Å². The van der Waals surface area contributed by atoms with Gasteiger partial charge in [-0.25, -0.2) is 9.97 Å². The summed E-state index contributed by atoms with van der Waals surface area (Å²) in [6, 6.07) is 12.2. The largest absolute Gasteiger partial charge is 0.467 e. The second-order valence-corrected chi connectivity index (χ2v) is 5.83. The van der Waals surface area contributed by atoms with Crippen LogP contribution in [-0.2, 0) is 6.54 Å². The third-order valence-electron chi connectivity index (χ3n) is 4.29. The molecule has 4 aromatic heterocycles. The Bertz CT molecular complexity index is 1150. The predicted octanol–water partition coefficient (Wildman–Crippen LogP) is 4.08. The molecule has 25 heavy (non-hydrogen) atoms. The zero-order valence-corrected chi connectivity index (χ0v) is 13.3. The Labute approximate surface area is 143 Å². The Hall–Kier alpha value is -3.54. The van der Waals surface area contributed by atoms with Crippen LogP contribution < -0.4 is 5.32 Å². The number of furan rings is 1. The number of H-pyrrole nitrogens is 1. The molecular weight excluding hydrogens is 314 g/mol. The molecule has 0 radical (unpaired) electrons. The van der Waals surface area contributed by atoms with Crippen LogP contribution >= 0.6 is 0 Å². The minimum absolute atomic E-state index is 0.571. The van der Waals surface area contributed by atoms with Crippen molar-refractivity contribution < 1.29 is 4.42 Å². The highest BCUT2D eigenvalue weighted by molar-refractivity contribution is 5.88. The molecule has 0 saturated heterocycles. The second kappa shape index (κ2) is 5.52. The van der Waals surface area contributed by atoms with Gasteiger partial charge in [0.2, 0.25) is 5.95 Å². The molecule has 122 valence electrons. The molecule has 0 unspecified atom stereocenters. The van der Waals surface area contributed by atoms with E-state index in [-0.39, 0.29) is 0 Å². The van der Waals surface area contributed by atoms with Gasteiger partial charge in [-0.05, 0) is 41.3 Å². The summed E-state index contributed by atoms with van der Waals surface area (Å²) >= 11 is 0. The van der Waals surface area contributed by atoms with Crippen LogP contribution in [0.4, 0.5) is 5.95 Å². The lowest BCUT2D eigenvalue weighted by molar-refractivity contribution is 0.517. The summed E-state index contributed by atoms with van der Waals surface area (Å²) in [6.07, 6.45) is 9.16. The van der Waals surface area contributed by atoms with E-state index >= 15 is 0 Å². The van der Waals surface area contributed by atoms with Gasteiger partial charge in [0.15, 0.2) is 0 Å². The van der Waals surface area contributed by atoms with Crippen molar-refractivity contribution in [3.05, 3.63) is 73.2 Å². The highest BCUT2D eigenvalue weighted by Gasteiger charge is 2.11. The molecule has 0 saturated carbocycles. The van der Waals surface area contributed by atoms with Crippen molar-refractivity contribution in [1.82, 2.24) is 19.4 Å². The van der Waals surface area contributed by atoms with Crippen molar-refractivity contribution in [2.75, 3.05) is 5.32 Å². The second-order valence-electron chi connectivity index (χ2n) is 5.83. The molecule has 0 amide bonds. The summed E-state index contributed by atoms with van der Waals surface area (Å²) in [6.45, 7) is 0.571. The topological polar surface area (TPSA) is 71.2 Å². The molecule has 5 aromatic rings. The fourth-order valence-corrected chi connectivity index (χ4v) is 3.05.